The third-order valence-corrected chi connectivity index (χ3v) is 5.82. The Morgan fingerprint density at radius 3 is 2.36 bits per heavy atom. The highest BCUT2D eigenvalue weighted by Crippen LogP contribution is 2.44. The van der Waals surface area contributed by atoms with E-state index >= 15 is 0 Å². The van der Waals surface area contributed by atoms with Crippen LogP contribution in [-0.2, 0) is 6.42 Å². The normalized spacial score (nSPS) is 15.5. The Bertz CT molecular complexity index is 1190. The fourth-order valence-corrected chi connectivity index (χ4v) is 4.49. The van der Waals surface area contributed by atoms with Crippen molar-refractivity contribution in [2.45, 2.75) is 39.0 Å². The maximum Gasteiger partial charge on any atom is 0.132 e. The van der Waals surface area contributed by atoms with Crippen molar-refractivity contribution < 1.29 is 0 Å². The summed E-state index contributed by atoms with van der Waals surface area (Å²) in [6.45, 7) is 6.66. The predicted octanol–water partition coefficient (Wildman–Crippen LogP) is 6.75. The van der Waals surface area contributed by atoms with Crippen LogP contribution in [0.1, 0.15) is 49.6 Å². The molecule has 1 heterocycles. The minimum Gasteiger partial charge on any atom is -0.233 e. The molecule has 2 heteroatoms. The zero-order valence-corrected chi connectivity index (χ0v) is 16.6. The molecule has 138 valence electrons. The van der Waals surface area contributed by atoms with Gasteiger partial charge in [-0.05, 0) is 40.7 Å². The number of rotatable bonds is 2. The molecule has 28 heavy (non-hydrogen) atoms. The van der Waals surface area contributed by atoms with E-state index in [1.54, 1.807) is 0 Å². The highest BCUT2D eigenvalue weighted by molar-refractivity contribution is 5.95. The van der Waals surface area contributed by atoms with E-state index in [1.165, 1.54) is 27.8 Å². The molecule has 1 aromatic heterocycles. The van der Waals surface area contributed by atoms with Crippen LogP contribution in [0.15, 0.2) is 66.7 Å². The minimum atomic E-state index is 0.293. The van der Waals surface area contributed by atoms with Gasteiger partial charge >= 0.3 is 0 Å². The molecule has 0 saturated carbocycles. The smallest absolute Gasteiger partial charge is 0.132 e. The lowest BCUT2D eigenvalue weighted by Crippen LogP contribution is -2.11. The molecule has 0 N–H and O–H groups in total. The van der Waals surface area contributed by atoms with Gasteiger partial charge < -0.3 is 0 Å². The fourth-order valence-electron chi connectivity index (χ4n) is 4.49. The standard InChI is InChI=1S/C26H24N2/c1-16(2)26-27-23-14-7-6-11-21(23)25(28-26)22-13-8-12-20-19-10-5-4-9-18(19)15-17(3)24(20)22/h4-14,16-17H,15H2,1-3H3. The monoisotopic (exact) mass is 364 g/mol. The summed E-state index contributed by atoms with van der Waals surface area (Å²) in [5.41, 5.74) is 8.91. The minimum absolute atomic E-state index is 0.293. The lowest BCUT2D eigenvalue weighted by atomic mass is 9.77. The van der Waals surface area contributed by atoms with Gasteiger partial charge in [0, 0.05) is 16.9 Å². The van der Waals surface area contributed by atoms with Gasteiger partial charge in [-0.15, -0.1) is 0 Å². The van der Waals surface area contributed by atoms with Gasteiger partial charge in [-0.25, -0.2) is 9.97 Å². The number of aromatic nitrogens is 2. The summed E-state index contributed by atoms with van der Waals surface area (Å²) in [5, 5.41) is 1.13. The van der Waals surface area contributed by atoms with Crippen LogP contribution in [0.4, 0.5) is 0 Å². The number of benzene rings is 3. The molecule has 0 saturated heterocycles. The van der Waals surface area contributed by atoms with Crippen LogP contribution >= 0.6 is 0 Å². The largest absolute Gasteiger partial charge is 0.233 e. The summed E-state index contributed by atoms with van der Waals surface area (Å²) < 4.78 is 0. The molecule has 4 aromatic rings. The van der Waals surface area contributed by atoms with E-state index in [-0.39, 0.29) is 0 Å². The van der Waals surface area contributed by atoms with Gasteiger partial charge in [-0.2, -0.15) is 0 Å². The number of fused-ring (bicyclic) bond motifs is 4. The summed E-state index contributed by atoms with van der Waals surface area (Å²) in [6, 6.07) is 23.9. The zero-order valence-electron chi connectivity index (χ0n) is 16.6. The van der Waals surface area contributed by atoms with Gasteiger partial charge in [0.2, 0.25) is 0 Å². The molecule has 1 unspecified atom stereocenters. The van der Waals surface area contributed by atoms with Gasteiger partial charge in [-0.3, -0.25) is 0 Å². The van der Waals surface area contributed by atoms with E-state index in [4.69, 9.17) is 9.97 Å². The number of nitrogens with zero attached hydrogens (tertiary/aromatic N) is 2. The molecule has 0 amide bonds. The highest BCUT2D eigenvalue weighted by atomic mass is 14.9. The molecule has 0 spiro atoms. The Morgan fingerprint density at radius 1 is 0.786 bits per heavy atom. The molecular formula is C26H24N2. The van der Waals surface area contributed by atoms with E-state index in [0.717, 1.165) is 28.8 Å². The predicted molar refractivity (Wildman–Crippen MR) is 117 cm³/mol. The van der Waals surface area contributed by atoms with Crippen LogP contribution in [0.2, 0.25) is 0 Å². The second-order valence-electron chi connectivity index (χ2n) is 8.13. The lowest BCUT2D eigenvalue weighted by Gasteiger charge is -2.28. The van der Waals surface area contributed by atoms with E-state index in [0.29, 0.717) is 11.8 Å². The van der Waals surface area contributed by atoms with Crippen molar-refractivity contribution in [3.8, 4) is 22.4 Å². The third-order valence-electron chi connectivity index (χ3n) is 5.82. The maximum absolute atomic E-state index is 5.06. The van der Waals surface area contributed by atoms with Crippen molar-refractivity contribution in [3.05, 3.63) is 83.7 Å². The molecule has 2 nitrogen and oxygen atoms in total. The van der Waals surface area contributed by atoms with E-state index in [9.17, 15) is 0 Å². The van der Waals surface area contributed by atoms with Gasteiger partial charge in [0.05, 0.1) is 11.2 Å². The van der Waals surface area contributed by atoms with Crippen molar-refractivity contribution in [3.63, 3.8) is 0 Å². The van der Waals surface area contributed by atoms with Crippen molar-refractivity contribution in [2.24, 2.45) is 0 Å². The van der Waals surface area contributed by atoms with E-state index in [2.05, 4.69) is 87.5 Å². The first-order chi connectivity index (χ1) is 13.6. The summed E-state index contributed by atoms with van der Waals surface area (Å²) in [7, 11) is 0. The first kappa shape index (κ1) is 17.1. The average molecular weight is 364 g/mol. The van der Waals surface area contributed by atoms with Gasteiger partial charge in [0.25, 0.3) is 0 Å². The van der Waals surface area contributed by atoms with Gasteiger partial charge in [-0.1, -0.05) is 81.4 Å². The summed E-state index contributed by atoms with van der Waals surface area (Å²) >= 11 is 0. The molecule has 3 aromatic carbocycles. The topological polar surface area (TPSA) is 25.8 Å². The van der Waals surface area contributed by atoms with Crippen LogP contribution in [0.25, 0.3) is 33.3 Å². The Morgan fingerprint density at radius 2 is 1.50 bits per heavy atom. The van der Waals surface area contributed by atoms with Crippen LogP contribution in [0.5, 0.6) is 0 Å². The number of para-hydroxylation sites is 1. The van der Waals surface area contributed by atoms with Crippen LogP contribution in [0.3, 0.4) is 0 Å². The molecule has 0 radical (unpaired) electrons. The van der Waals surface area contributed by atoms with Gasteiger partial charge in [0.15, 0.2) is 0 Å². The molecule has 0 bridgehead atoms. The Kier molecular flexibility index (Phi) is 4.01. The second-order valence-corrected chi connectivity index (χ2v) is 8.13. The fraction of sp³-hybridized carbons (Fsp3) is 0.231. The molecule has 0 aliphatic heterocycles. The molecule has 1 aliphatic carbocycles. The Hall–Kier alpha value is -3.00. The maximum atomic E-state index is 5.06. The SMILES string of the molecule is CC(C)c1nc(-c2cccc3c2C(C)Cc2ccccc2-3)c2ccccc2n1. The summed E-state index contributed by atoms with van der Waals surface area (Å²) in [6.07, 6.45) is 1.07. The van der Waals surface area contributed by atoms with Crippen LogP contribution in [-0.4, -0.2) is 9.97 Å². The van der Waals surface area contributed by atoms with Gasteiger partial charge in [0.1, 0.15) is 5.82 Å². The number of hydrogen-bond acceptors (Lipinski definition) is 2. The second kappa shape index (κ2) is 6.56. The lowest BCUT2D eigenvalue weighted by molar-refractivity contribution is 0.749. The molecule has 5 rings (SSSR count). The third kappa shape index (κ3) is 2.63. The van der Waals surface area contributed by atoms with Crippen molar-refractivity contribution in [1.29, 1.82) is 0 Å². The van der Waals surface area contributed by atoms with Crippen LogP contribution in [0, 0.1) is 0 Å². The summed E-state index contributed by atoms with van der Waals surface area (Å²) in [5.74, 6) is 1.66. The molecule has 1 aliphatic rings. The first-order valence-electron chi connectivity index (χ1n) is 10.1. The first-order valence-corrected chi connectivity index (χ1v) is 10.1. The number of hydrogen-bond donors (Lipinski definition) is 0. The Labute approximate surface area is 166 Å². The van der Waals surface area contributed by atoms with E-state index in [1.807, 2.05) is 0 Å². The zero-order chi connectivity index (χ0) is 19.3. The molecule has 1 atom stereocenters. The van der Waals surface area contributed by atoms with Crippen molar-refractivity contribution in [2.75, 3.05) is 0 Å². The van der Waals surface area contributed by atoms with Crippen molar-refractivity contribution in [1.82, 2.24) is 9.97 Å². The Balaban J connectivity index is 1.84. The van der Waals surface area contributed by atoms with Crippen LogP contribution < -0.4 is 0 Å². The quantitative estimate of drug-likeness (QED) is 0.393. The summed E-state index contributed by atoms with van der Waals surface area (Å²) in [4.78, 5) is 9.87. The molecule has 0 fully saturated rings. The average Bonchev–Trinajstić information content (AvgIpc) is 2.72. The molecular weight excluding hydrogens is 340 g/mol. The van der Waals surface area contributed by atoms with Crippen molar-refractivity contribution >= 4 is 10.9 Å². The highest BCUT2D eigenvalue weighted by Gasteiger charge is 2.26. The van der Waals surface area contributed by atoms with E-state index < -0.39 is 0 Å².